The van der Waals surface area contributed by atoms with Gasteiger partial charge in [-0.25, -0.2) is 17.5 Å². The Morgan fingerprint density at radius 2 is 2.14 bits per heavy atom. The lowest BCUT2D eigenvalue weighted by atomic mass is 9.96. The van der Waals surface area contributed by atoms with Crippen molar-refractivity contribution in [2.24, 2.45) is 0 Å². The third kappa shape index (κ3) is 4.62. The van der Waals surface area contributed by atoms with Gasteiger partial charge < -0.3 is 9.42 Å². The van der Waals surface area contributed by atoms with Crippen molar-refractivity contribution in [3.63, 3.8) is 0 Å². The minimum atomic E-state index is -3.13. The number of aromatic amines is 1. The lowest BCUT2D eigenvalue weighted by Crippen LogP contribution is -2.35. The van der Waals surface area contributed by atoms with Gasteiger partial charge in [-0.3, -0.25) is 5.10 Å². The van der Waals surface area contributed by atoms with Crippen LogP contribution in [-0.2, 0) is 10.0 Å². The Balaban J connectivity index is 1.36. The molecular weight excluding hydrogens is 399 g/mol. The first-order valence-electron chi connectivity index (χ1n) is 9.53. The van der Waals surface area contributed by atoms with Crippen molar-refractivity contribution in [3.8, 4) is 11.4 Å². The molecule has 1 aromatic carbocycles. The summed E-state index contributed by atoms with van der Waals surface area (Å²) in [5.74, 6) is 0.481. The minimum Gasteiger partial charge on any atom is -0.339 e. The molecule has 1 saturated heterocycles. The number of sulfonamides is 1. The molecule has 0 bridgehead atoms. The zero-order chi connectivity index (χ0) is 20.4. The number of hydrogen-bond acceptors (Lipinski definition) is 7. The van der Waals surface area contributed by atoms with Crippen LogP contribution < -0.4 is 4.72 Å². The first kappa shape index (κ1) is 19.9. The number of benzene rings is 1. The molecule has 1 aliphatic rings. The summed E-state index contributed by atoms with van der Waals surface area (Å²) in [5, 5.41) is 11.4. The van der Waals surface area contributed by atoms with Gasteiger partial charge in [-0.1, -0.05) is 5.16 Å². The van der Waals surface area contributed by atoms with Crippen LogP contribution in [0.1, 0.15) is 31.1 Å². The molecule has 1 fully saturated rings. The van der Waals surface area contributed by atoms with Crippen LogP contribution in [0.15, 0.2) is 22.9 Å². The molecule has 0 atom stereocenters. The van der Waals surface area contributed by atoms with E-state index in [-0.39, 0.29) is 11.7 Å². The Hall–Kier alpha value is -2.37. The van der Waals surface area contributed by atoms with Crippen molar-refractivity contribution < 1.29 is 17.3 Å². The van der Waals surface area contributed by atoms with E-state index in [1.54, 1.807) is 12.3 Å². The molecule has 0 radical (unpaired) electrons. The van der Waals surface area contributed by atoms with Gasteiger partial charge in [0.05, 0.1) is 23.5 Å². The summed E-state index contributed by atoms with van der Waals surface area (Å²) in [5.41, 5.74) is 1.01. The summed E-state index contributed by atoms with van der Waals surface area (Å²) in [6.45, 7) is 3.01. The molecular formula is C18H23FN6O3S. The van der Waals surface area contributed by atoms with Crippen LogP contribution in [0, 0.1) is 5.82 Å². The predicted molar refractivity (Wildman–Crippen MR) is 105 cm³/mol. The second-order valence-electron chi connectivity index (χ2n) is 7.35. The Kier molecular flexibility index (Phi) is 5.61. The molecule has 3 aromatic rings. The van der Waals surface area contributed by atoms with Crippen LogP contribution in [-0.4, -0.2) is 66.1 Å². The Morgan fingerprint density at radius 3 is 2.90 bits per heavy atom. The summed E-state index contributed by atoms with van der Waals surface area (Å²) < 4.78 is 44.5. The SMILES string of the molecule is CS(=O)(=O)NCCCN1CCC(c2nc(-c3c(F)ccc4[nH]ncc34)no2)CC1. The molecule has 0 amide bonds. The second kappa shape index (κ2) is 8.17. The van der Waals surface area contributed by atoms with Crippen LogP contribution in [0.4, 0.5) is 4.39 Å². The van der Waals surface area contributed by atoms with Crippen molar-refractivity contribution in [1.29, 1.82) is 0 Å². The van der Waals surface area contributed by atoms with Crippen LogP contribution in [0.5, 0.6) is 0 Å². The van der Waals surface area contributed by atoms with Gasteiger partial charge in [0.15, 0.2) is 0 Å². The summed E-state index contributed by atoms with van der Waals surface area (Å²) in [7, 11) is -3.13. The molecule has 2 N–H and O–H groups in total. The highest BCUT2D eigenvalue weighted by Crippen LogP contribution is 2.32. The molecule has 9 nitrogen and oxygen atoms in total. The Labute approximate surface area is 167 Å². The summed E-state index contributed by atoms with van der Waals surface area (Å²) in [6.07, 6.45) is 5.20. The van der Waals surface area contributed by atoms with E-state index in [1.165, 1.54) is 6.07 Å². The zero-order valence-electron chi connectivity index (χ0n) is 16.1. The fourth-order valence-electron chi connectivity index (χ4n) is 3.68. The monoisotopic (exact) mass is 422 g/mol. The highest BCUT2D eigenvalue weighted by molar-refractivity contribution is 7.88. The van der Waals surface area contributed by atoms with Gasteiger partial charge in [-0.05, 0) is 51.0 Å². The number of fused-ring (bicyclic) bond motifs is 1. The van der Waals surface area contributed by atoms with Gasteiger partial charge in [0.25, 0.3) is 0 Å². The van der Waals surface area contributed by atoms with Gasteiger partial charge in [0.2, 0.25) is 21.7 Å². The maximum absolute atomic E-state index is 14.4. The molecule has 0 spiro atoms. The average molecular weight is 422 g/mol. The molecule has 3 heterocycles. The van der Waals surface area contributed by atoms with Crippen LogP contribution in [0.25, 0.3) is 22.3 Å². The Bertz CT molecular complexity index is 1090. The fraction of sp³-hybridized carbons (Fsp3) is 0.500. The summed E-state index contributed by atoms with van der Waals surface area (Å²) in [4.78, 5) is 6.76. The number of H-pyrrole nitrogens is 1. The van der Waals surface area contributed by atoms with Crippen LogP contribution in [0.3, 0.4) is 0 Å². The van der Waals surface area contributed by atoms with E-state index < -0.39 is 15.8 Å². The van der Waals surface area contributed by atoms with Crippen molar-refractivity contribution in [2.45, 2.75) is 25.2 Å². The predicted octanol–water partition coefficient (Wildman–Crippen LogP) is 1.87. The van der Waals surface area contributed by atoms with Crippen LogP contribution in [0.2, 0.25) is 0 Å². The number of rotatable bonds is 7. The maximum Gasteiger partial charge on any atom is 0.230 e. The van der Waals surface area contributed by atoms with Crippen molar-refractivity contribution in [3.05, 3.63) is 30.0 Å². The molecule has 1 aliphatic heterocycles. The quantitative estimate of drug-likeness (QED) is 0.558. The minimum absolute atomic E-state index is 0.133. The number of hydrogen-bond donors (Lipinski definition) is 2. The summed E-state index contributed by atoms with van der Waals surface area (Å²) in [6, 6.07) is 2.99. The van der Waals surface area contributed by atoms with Gasteiger partial charge >= 0.3 is 0 Å². The number of nitrogens with zero attached hydrogens (tertiary/aromatic N) is 4. The fourth-order valence-corrected chi connectivity index (χ4v) is 4.20. The van der Waals surface area contributed by atoms with Crippen LogP contribution >= 0.6 is 0 Å². The number of halogens is 1. The average Bonchev–Trinajstić information content (AvgIpc) is 3.34. The largest absolute Gasteiger partial charge is 0.339 e. The topological polar surface area (TPSA) is 117 Å². The van der Waals surface area contributed by atoms with E-state index in [2.05, 4.69) is 30.0 Å². The molecule has 2 aromatic heterocycles. The normalized spacial score (nSPS) is 16.6. The van der Waals surface area contributed by atoms with Gasteiger partial charge in [-0.2, -0.15) is 10.1 Å². The Morgan fingerprint density at radius 1 is 1.34 bits per heavy atom. The number of nitrogens with one attached hydrogen (secondary N) is 2. The molecule has 156 valence electrons. The molecule has 29 heavy (non-hydrogen) atoms. The van der Waals surface area contributed by atoms with E-state index in [9.17, 15) is 12.8 Å². The third-order valence-electron chi connectivity index (χ3n) is 5.19. The lowest BCUT2D eigenvalue weighted by Gasteiger charge is -2.30. The lowest BCUT2D eigenvalue weighted by molar-refractivity contribution is 0.193. The smallest absolute Gasteiger partial charge is 0.230 e. The molecule has 4 rings (SSSR count). The molecule has 0 unspecified atom stereocenters. The van der Waals surface area contributed by atoms with Crippen molar-refractivity contribution in [1.82, 2.24) is 30.0 Å². The van der Waals surface area contributed by atoms with Crippen molar-refractivity contribution >= 4 is 20.9 Å². The number of aromatic nitrogens is 4. The van der Waals surface area contributed by atoms with Gasteiger partial charge in [0, 0.05) is 17.8 Å². The first-order valence-corrected chi connectivity index (χ1v) is 11.4. The number of piperidine rings is 1. The standard InChI is InChI=1S/C18H23FN6O3S/c1-29(26,27)21-7-2-8-25-9-5-12(6-10-25)18-22-17(24-28-18)16-13-11-20-23-15(13)4-3-14(16)19/h3-4,11-12,21H,2,5-10H2,1H3,(H,20,23). The van der Waals surface area contributed by atoms with E-state index in [1.807, 2.05) is 0 Å². The first-order chi connectivity index (χ1) is 13.9. The third-order valence-corrected chi connectivity index (χ3v) is 5.92. The summed E-state index contributed by atoms with van der Waals surface area (Å²) >= 11 is 0. The maximum atomic E-state index is 14.4. The van der Waals surface area contributed by atoms with Crippen molar-refractivity contribution in [2.75, 3.05) is 32.4 Å². The van der Waals surface area contributed by atoms with E-state index in [4.69, 9.17) is 4.52 Å². The van der Waals surface area contributed by atoms with Gasteiger partial charge in [0.1, 0.15) is 5.82 Å². The highest BCUT2D eigenvalue weighted by Gasteiger charge is 2.26. The molecule has 0 saturated carbocycles. The number of likely N-dealkylation sites (tertiary alicyclic amines) is 1. The highest BCUT2D eigenvalue weighted by atomic mass is 32.2. The second-order valence-corrected chi connectivity index (χ2v) is 9.18. The van der Waals surface area contributed by atoms with E-state index in [0.29, 0.717) is 28.9 Å². The van der Waals surface area contributed by atoms with Gasteiger partial charge in [-0.15, -0.1) is 0 Å². The molecule has 0 aliphatic carbocycles. The zero-order valence-corrected chi connectivity index (χ0v) is 16.9. The van der Waals surface area contributed by atoms with E-state index in [0.717, 1.165) is 45.2 Å². The van der Waals surface area contributed by atoms with E-state index >= 15 is 0 Å². The molecule has 11 heteroatoms.